The van der Waals surface area contributed by atoms with Gasteiger partial charge in [0.05, 0.1) is 37.1 Å². The molecule has 7 rings (SSSR count). The van der Waals surface area contributed by atoms with Gasteiger partial charge in [-0.15, -0.1) is 0 Å². The first-order valence-electron chi connectivity index (χ1n) is 24.2. The van der Waals surface area contributed by atoms with E-state index in [-0.39, 0.29) is 40.3 Å². The average Bonchev–Trinajstić information content (AvgIpc) is 3.53. The summed E-state index contributed by atoms with van der Waals surface area (Å²) in [6.45, 7) is 16.7. The third kappa shape index (κ3) is 8.60. The molecule has 380 valence electrons. The fraction of sp³-hybridized carbons (Fsp3) is 0.938. The van der Waals surface area contributed by atoms with Gasteiger partial charge in [-0.2, -0.15) is 0 Å². The van der Waals surface area contributed by atoms with Crippen LogP contribution in [0.5, 0.6) is 0 Å². The number of fused-ring (bicyclic) bond motifs is 5. The highest BCUT2D eigenvalue weighted by Gasteiger charge is 2.70. The third-order valence-corrected chi connectivity index (χ3v) is 18.5. The van der Waals surface area contributed by atoms with Gasteiger partial charge in [0.15, 0.2) is 18.9 Å². The Morgan fingerprint density at radius 2 is 1.30 bits per heavy atom. The molecule has 3 aliphatic heterocycles. The first kappa shape index (κ1) is 52.6. The Balaban J connectivity index is 1.02. The highest BCUT2D eigenvalue weighted by atomic mass is 16.8. The van der Waals surface area contributed by atoms with Crippen molar-refractivity contribution < 1.29 is 89.4 Å². The van der Waals surface area contributed by atoms with Crippen LogP contribution >= 0.6 is 0 Å². The number of carbonyl (C=O) groups excluding carboxylic acids is 1. The van der Waals surface area contributed by atoms with Crippen molar-refractivity contribution in [3.63, 3.8) is 0 Å². The van der Waals surface area contributed by atoms with E-state index in [1.165, 1.54) is 6.92 Å². The highest BCUT2D eigenvalue weighted by molar-refractivity contribution is 5.88. The Morgan fingerprint density at radius 3 is 1.92 bits per heavy atom. The van der Waals surface area contributed by atoms with Gasteiger partial charge in [0.1, 0.15) is 72.9 Å². The molecule has 66 heavy (non-hydrogen) atoms. The topological polar surface area (TPSA) is 295 Å². The molecule has 0 bridgehead atoms. The van der Waals surface area contributed by atoms with E-state index in [1.54, 1.807) is 13.8 Å². The molecule has 4 aliphatic carbocycles. The van der Waals surface area contributed by atoms with Crippen LogP contribution in [0.15, 0.2) is 11.6 Å². The van der Waals surface area contributed by atoms with Gasteiger partial charge in [-0.3, -0.25) is 4.79 Å². The maximum atomic E-state index is 15.0. The molecule has 7 aliphatic rings. The molecule has 3 saturated heterocycles. The van der Waals surface area contributed by atoms with Gasteiger partial charge in [0.2, 0.25) is 0 Å². The third-order valence-electron chi connectivity index (χ3n) is 18.5. The zero-order valence-corrected chi connectivity index (χ0v) is 40.0. The summed E-state index contributed by atoms with van der Waals surface area (Å²) in [7, 11) is 0. The zero-order valence-electron chi connectivity index (χ0n) is 40.0. The van der Waals surface area contributed by atoms with E-state index in [0.29, 0.717) is 38.5 Å². The summed E-state index contributed by atoms with van der Waals surface area (Å²) in [5, 5.41) is 116. The maximum Gasteiger partial charge on any atom is 0.187 e. The van der Waals surface area contributed by atoms with Crippen LogP contribution in [-0.4, -0.2) is 185 Å². The van der Waals surface area contributed by atoms with Gasteiger partial charge >= 0.3 is 0 Å². The Hall–Kier alpha value is -1.27. The second kappa shape index (κ2) is 19.1. The van der Waals surface area contributed by atoms with Crippen molar-refractivity contribution in [2.45, 2.75) is 224 Å². The van der Waals surface area contributed by atoms with Crippen molar-refractivity contribution >= 4 is 5.78 Å². The lowest BCUT2D eigenvalue weighted by molar-refractivity contribution is -0.378. The van der Waals surface area contributed by atoms with Crippen molar-refractivity contribution in [1.82, 2.24) is 0 Å². The van der Waals surface area contributed by atoms with Gasteiger partial charge in [-0.1, -0.05) is 53.2 Å². The van der Waals surface area contributed by atoms with Crippen LogP contribution < -0.4 is 0 Å². The summed E-state index contributed by atoms with van der Waals surface area (Å²) in [5.74, 6) is 0.593. The van der Waals surface area contributed by atoms with Gasteiger partial charge < -0.3 is 84.6 Å². The summed E-state index contributed by atoms with van der Waals surface area (Å²) in [4.78, 5) is 15.0. The van der Waals surface area contributed by atoms with E-state index in [1.807, 2.05) is 0 Å². The molecule has 0 radical (unpaired) electrons. The van der Waals surface area contributed by atoms with Gasteiger partial charge in [0.25, 0.3) is 0 Å². The molecule has 0 aromatic rings. The molecule has 3 saturated carbocycles. The normalized spacial score (nSPS) is 50.5. The minimum Gasteiger partial charge on any atom is -0.394 e. The Bertz CT molecular complexity index is 1740. The molecule has 0 amide bonds. The monoisotopic (exact) mass is 945 g/mol. The van der Waals surface area contributed by atoms with E-state index in [4.69, 9.17) is 28.4 Å². The van der Waals surface area contributed by atoms with Crippen molar-refractivity contribution in [3.8, 4) is 0 Å². The summed E-state index contributed by atoms with van der Waals surface area (Å²) >= 11 is 0. The molecule has 18 nitrogen and oxygen atoms in total. The maximum absolute atomic E-state index is 15.0. The fourth-order valence-corrected chi connectivity index (χ4v) is 13.9. The SMILES string of the molecule is C[C@@H]1O[C@H](O[C@@H]2[C@@H](OC(C)(C)[C@@H](O)CC[C@H](C)[C@H]3CC[C@@]4(C)[C@@H]5CC=C6[C@@H](CC[C@@H](O[C@H]7O[C@@H](CO)[C@H](O)[C@@H](O)[C@@H]7O)C6(C)C)[C@@]5(C)C(=O)C[C@]34C)O[C@@H](CO)[C@H](O)[C@H]2O)[C@@H](O)[C@H](O)[C@H]1O. The number of allylic oxidation sites excluding steroid dienone is 1. The lowest BCUT2D eigenvalue weighted by Crippen LogP contribution is -2.65. The fourth-order valence-electron chi connectivity index (χ4n) is 13.9. The minimum absolute atomic E-state index is 0.0258. The van der Waals surface area contributed by atoms with Gasteiger partial charge in [0, 0.05) is 17.3 Å². The van der Waals surface area contributed by atoms with Gasteiger partial charge in [-0.25, -0.2) is 0 Å². The molecule has 11 N–H and O–H groups in total. The standard InChI is InChI=1S/C48H80O18/c1-21(10-14-29(51)45(5,6)66-43-40(37(58)34(55)27(20-50)63-43)65-41-38(59)35(56)32(53)22(2)61-41)23-16-17-46(7)28-13-11-24-25(48(28,9)30(52)18-47(23,46)8)12-15-31(44(24,3)4)64-42-39(60)36(57)33(54)26(19-49)62-42/h11,21-23,25-29,31-43,49-51,53-60H,10,12-20H2,1-9H3/t21-,22-,23+,25+,26-,27-,28-,29-,31+,32-,33-,34-,35+,36+,37+,38-,39-,40-,41+,42+,43+,46-,47+,48+/m0/s1. The highest BCUT2D eigenvalue weighted by Crippen LogP contribution is 2.74. The lowest BCUT2D eigenvalue weighted by atomic mass is 9.38. The number of aliphatic hydroxyl groups excluding tert-OH is 11. The van der Waals surface area contributed by atoms with E-state index >= 15 is 0 Å². The predicted molar refractivity (Wildman–Crippen MR) is 233 cm³/mol. The second-order valence-corrected chi connectivity index (χ2v) is 22.8. The van der Waals surface area contributed by atoms with Crippen molar-refractivity contribution in [2.24, 2.45) is 45.3 Å². The number of rotatable bonds is 13. The number of ether oxygens (including phenoxy) is 6. The van der Waals surface area contributed by atoms with Crippen LogP contribution in [0.3, 0.4) is 0 Å². The molecular weight excluding hydrogens is 865 g/mol. The van der Waals surface area contributed by atoms with E-state index in [2.05, 4.69) is 47.6 Å². The number of ketones is 1. The summed E-state index contributed by atoms with van der Waals surface area (Å²) in [6.07, 6.45) is -15.7. The molecule has 18 heteroatoms. The van der Waals surface area contributed by atoms with Crippen LogP contribution in [0.25, 0.3) is 0 Å². The summed E-state index contributed by atoms with van der Waals surface area (Å²) in [5.41, 5.74) is -1.86. The number of hydrogen-bond donors (Lipinski definition) is 11. The largest absolute Gasteiger partial charge is 0.394 e. The lowest BCUT2D eigenvalue weighted by Gasteiger charge is -2.65. The first-order chi connectivity index (χ1) is 30.7. The molecular formula is C48H80O18. The smallest absolute Gasteiger partial charge is 0.187 e. The molecule has 24 atom stereocenters. The van der Waals surface area contributed by atoms with Crippen molar-refractivity contribution in [1.29, 1.82) is 0 Å². The molecule has 6 fully saturated rings. The number of carbonyl (C=O) groups is 1. The van der Waals surface area contributed by atoms with E-state index < -0.39 is 134 Å². The summed E-state index contributed by atoms with van der Waals surface area (Å²) in [6, 6.07) is 0. The van der Waals surface area contributed by atoms with Crippen LogP contribution in [0.2, 0.25) is 0 Å². The number of aliphatic hydroxyl groups is 11. The summed E-state index contributed by atoms with van der Waals surface area (Å²) < 4.78 is 35.8. The van der Waals surface area contributed by atoms with Crippen molar-refractivity contribution in [2.75, 3.05) is 13.2 Å². The van der Waals surface area contributed by atoms with Crippen LogP contribution in [0.4, 0.5) is 0 Å². The molecule has 0 aromatic heterocycles. The van der Waals surface area contributed by atoms with Crippen molar-refractivity contribution in [3.05, 3.63) is 11.6 Å². The molecule has 0 spiro atoms. The Morgan fingerprint density at radius 1 is 0.727 bits per heavy atom. The first-order valence-corrected chi connectivity index (χ1v) is 24.2. The van der Waals surface area contributed by atoms with Gasteiger partial charge in [-0.05, 0) is 100 Å². The Kier molecular flexibility index (Phi) is 15.2. The zero-order chi connectivity index (χ0) is 48.8. The Labute approximate surface area is 388 Å². The molecule has 0 unspecified atom stereocenters. The quantitative estimate of drug-likeness (QED) is 0.110. The number of hydrogen-bond acceptors (Lipinski definition) is 18. The van der Waals surface area contributed by atoms with E-state index in [0.717, 1.165) is 18.4 Å². The number of Topliss-reactive ketones (excluding diaryl/α,β-unsaturated/α-hetero) is 1. The van der Waals surface area contributed by atoms with Crippen LogP contribution in [0, 0.1) is 45.3 Å². The predicted octanol–water partition coefficient (Wildman–Crippen LogP) is 0.180. The van der Waals surface area contributed by atoms with E-state index in [9.17, 15) is 61.0 Å². The molecule has 0 aromatic carbocycles. The van der Waals surface area contributed by atoms with Crippen LogP contribution in [0.1, 0.15) is 114 Å². The average molecular weight is 945 g/mol. The second-order valence-electron chi connectivity index (χ2n) is 22.8. The molecule has 3 heterocycles. The van der Waals surface area contributed by atoms with Crippen LogP contribution in [-0.2, 0) is 33.2 Å². The minimum atomic E-state index is -1.72.